The van der Waals surface area contributed by atoms with Crippen molar-refractivity contribution in [1.29, 1.82) is 0 Å². The van der Waals surface area contributed by atoms with Gasteiger partial charge in [-0.25, -0.2) is 9.97 Å². The molecule has 0 unspecified atom stereocenters. The third-order valence-corrected chi connectivity index (χ3v) is 5.81. The summed E-state index contributed by atoms with van der Waals surface area (Å²) in [6.07, 6.45) is 2.54. The molecule has 0 bridgehead atoms. The second kappa shape index (κ2) is 6.29. The van der Waals surface area contributed by atoms with Gasteiger partial charge in [0.2, 0.25) is 0 Å². The lowest BCUT2D eigenvalue weighted by Gasteiger charge is -2.04. The van der Waals surface area contributed by atoms with Crippen LogP contribution in [0.25, 0.3) is 21.1 Å². The molecule has 0 N–H and O–H groups in total. The first kappa shape index (κ1) is 15.2. The van der Waals surface area contributed by atoms with E-state index in [1.165, 1.54) is 21.3 Å². The summed E-state index contributed by atoms with van der Waals surface area (Å²) in [4.78, 5) is 23.4. The monoisotopic (exact) mass is 355 g/mol. The first-order valence-corrected chi connectivity index (χ1v) is 9.25. The van der Waals surface area contributed by atoms with Crippen LogP contribution in [0.1, 0.15) is 11.8 Å². The summed E-state index contributed by atoms with van der Waals surface area (Å²) in [5.41, 5.74) is 0.469. The zero-order chi connectivity index (χ0) is 16.5. The van der Waals surface area contributed by atoms with Gasteiger partial charge in [0.25, 0.3) is 5.56 Å². The summed E-state index contributed by atoms with van der Waals surface area (Å²) in [7, 11) is 0. The predicted octanol–water partition coefficient (Wildman–Crippen LogP) is 3.11. The van der Waals surface area contributed by atoms with Crippen LogP contribution in [0.5, 0.6) is 0 Å². The lowest BCUT2D eigenvalue weighted by Crippen LogP contribution is -2.23. The number of hydrogen-bond acceptors (Lipinski definition) is 7. The van der Waals surface area contributed by atoms with E-state index in [1.807, 2.05) is 12.1 Å². The van der Waals surface area contributed by atoms with Crippen LogP contribution in [0.2, 0.25) is 0 Å². The van der Waals surface area contributed by atoms with E-state index >= 15 is 0 Å². The molecule has 0 atom stereocenters. The molecule has 0 saturated heterocycles. The molecule has 1 aromatic carbocycles. The minimum Gasteiger partial charge on any atom is -0.267 e. The highest BCUT2D eigenvalue weighted by atomic mass is 32.2. The number of rotatable bonds is 4. The van der Waals surface area contributed by atoms with E-state index in [0.717, 1.165) is 21.7 Å². The molecule has 24 heavy (non-hydrogen) atoms. The summed E-state index contributed by atoms with van der Waals surface area (Å²) < 4.78 is 1.37. The SMILES string of the molecule is CCc1cc2c(SCn3nnc4ccccc4c3=O)ncnc2s1. The minimum absolute atomic E-state index is 0.141. The lowest BCUT2D eigenvalue weighted by molar-refractivity contribution is 0.644. The smallest absolute Gasteiger partial charge is 0.267 e. The van der Waals surface area contributed by atoms with Gasteiger partial charge in [-0.15, -0.1) is 16.4 Å². The van der Waals surface area contributed by atoms with Crippen molar-refractivity contribution in [3.63, 3.8) is 0 Å². The Balaban J connectivity index is 1.67. The number of benzene rings is 1. The topological polar surface area (TPSA) is 73.6 Å². The maximum absolute atomic E-state index is 12.5. The van der Waals surface area contributed by atoms with Gasteiger partial charge in [-0.05, 0) is 24.6 Å². The van der Waals surface area contributed by atoms with Gasteiger partial charge in [0, 0.05) is 10.3 Å². The Hall–Kier alpha value is -2.32. The van der Waals surface area contributed by atoms with Crippen molar-refractivity contribution in [2.45, 2.75) is 24.2 Å². The average molecular weight is 355 g/mol. The molecule has 0 aliphatic carbocycles. The first-order valence-electron chi connectivity index (χ1n) is 7.45. The van der Waals surface area contributed by atoms with Crippen LogP contribution in [0.4, 0.5) is 0 Å². The average Bonchev–Trinajstić information content (AvgIpc) is 3.05. The Morgan fingerprint density at radius 2 is 2.08 bits per heavy atom. The van der Waals surface area contributed by atoms with E-state index in [0.29, 0.717) is 16.8 Å². The van der Waals surface area contributed by atoms with Crippen LogP contribution in [-0.4, -0.2) is 25.0 Å². The number of aromatic nitrogens is 5. The van der Waals surface area contributed by atoms with E-state index in [1.54, 1.807) is 29.8 Å². The van der Waals surface area contributed by atoms with Crippen LogP contribution in [0.15, 0.2) is 46.5 Å². The molecular formula is C16H13N5OS2. The van der Waals surface area contributed by atoms with E-state index in [2.05, 4.69) is 33.3 Å². The van der Waals surface area contributed by atoms with Crippen LogP contribution in [0.3, 0.4) is 0 Å². The van der Waals surface area contributed by atoms with Crippen LogP contribution < -0.4 is 5.56 Å². The normalized spacial score (nSPS) is 11.4. The highest BCUT2D eigenvalue weighted by Gasteiger charge is 2.10. The van der Waals surface area contributed by atoms with Crippen LogP contribution in [0, 0.1) is 0 Å². The molecule has 4 rings (SSSR count). The molecule has 4 aromatic rings. The molecular weight excluding hydrogens is 342 g/mol. The first-order chi connectivity index (χ1) is 11.8. The highest BCUT2D eigenvalue weighted by molar-refractivity contribution is 7.98. The van der Waals surface area contributed by atoms with Gasteiger partial charge in [-0.1, -0.05) is 36.0 Å². The van der Waals surface area contributed by atoms with Crippen LogP contribution in [-0.2, 0) is 12.3 Å². The molecule has 3 aromatic heterocycles. The molecule has 120 valence electrons. The zero-order valence-electron chi connectivity index (χ0n) is 12.8. The number of fused-ring (bicyclic) bond motifs is 2. The Morgan fingerprint density at radius 3 is 2.96 bits per heavy atom. The molecule has 0 aliphatic heterocycles. The summed E-state index contributed by atoms with van der Waals surface area (Å²) in [6, 6.07) is 9.34. The van der Waals surface area contributed by atoms with Crippen molar-refractivity contribution in [3.05, 3.63) is 51.9 Å². The van der Waals surface area contributed by atoms with Gasteiger partial charge in [-0.3, -0.25) is 4.79 Å². The van der Waals surface area contributed by atoms with Crippen molar-refractivity contribution in [3.8, 4) is 0 Å². The van der Waals surface area contributed by atoms with Gasteiger partial charge < -0.3 is 0 Å². The number of nitrogens with zero attached hydrogens (tertiary/aromatic N) is 5. The molecule has 3 heterocycles. The quantitative estimate of drug-likeness (QED) is 0.414. The third kappa shape index (κ3) is 2.67. The fourth-order valence-electron chi connectivity index (χ4n) is 2.40. The number of hydrogen-bond donors (Lipinski definition) is 0. The van der Waals surface area contributed by atoms with Crippen molar-refractivity contribution in [2.24, 2.45) is 0 Å². The third-order valence-electron chi connectivity index (χ3n) is 3.65. The zero-order valence-corrected chi connectivity index (χ0v) is 14.5. The van der Waals surface area contributed by atoms with Crippen molar-refractivity contribution in [2.75, 3.05) is 0 Å². The fourth-order valence-corrected chi connectivity index (χ4v) is 4.25. The van der Waals surface area contributed by atoms with E-state index in [-0.39, 0.29) is 5.56 Å². The standard InChI is InChI=1S/C16H13N5OS2/c1-2-10-7-12-14(17-8-18-15(12)24-10)23-9-21-16(22)11-5-3-4-6-13(11)19-20-21/h3-8H,2,9H2,1H3. The number of thiophene rings is 1. The highest BCUT2D eigenvalue weighted by Crippen LogP contribution is 2.31. The molecule has 0 amide bonds. The molecule has 0 spiro atoms. The molecule has 8 heteroatoms. The number of thioether (sulfide) groups is 1. The summed E-state index contributed by atoms with van der Waals surface area (Å²) in [5, 5.41) is 10.6. The molecule has 0 aliphatic rings. The summed E-state index contributed by atoms with van der Waals surface area (Å²) in [5.74, 6) is 0.361. The Bertz CT molecular complexity index is 1090. The Labute approximate surface area is 145 Å². The van der Waals surface area contributed by atoms with Crippen LogP contribution >= 0.6 is 23.1 Å². The lowest BCUT2D eigenvalue weighted by atomic mass is 10.2. The van der Waals surface area contributed by atoms with E-state index < -0.39 is 0 Å². The van der Waals surface area contributed by atoms with Crippen molar-refractivity contribution >= 4 is 44.2 Å². The number of aryl methyl sites for hydroxylation is 1. The molecule has 0 fully saturated rings. The summed E-state index contributed by atoms with van der Waals surface area (Å²) >= 11 is 3.14. The Kier molecular flexibility index (Phi) is 3.99. The Morgan fingerprint density at radius 1 is 1.21 bits per heavy atom. The maximum atomic E-state index is 12.5. The van der Waals surface area contributed by atoms with Gasteiger partial charge in [0.05, 0.1) is 11.3 Å². The fraction of sp³-hybridized carbons (Fsp3) is 0.188. The largest absolute Gasteiger partial charge is 0.278 e. The van der Waals surface area contributed by atoms with Crippen molar-refractivity contribution < 1.29 is 0 Å². The minimum atomic E-state index is -0.141. The molecule has 6 nitrogen and oxygen atoms in total. The predicted molar refractivity (Wildman–Crippen MR) is 96.4 cm³/mol. The maximum Gasteiger partial charge on any atom is 0.278 e. The van der Waals surface area contributed by atoms with E-state index in [9.17, 15) is 4.79 Å². The van der Waals surface area contributed by atoms with Crippen molar-refractivity contribution in [1.82, 2.24) is 25.0 Å². The van der Waals surface area contributed by atoms with Gasteiger partial charge in [-0.2, -0.15) is 4.68 Å². The van der Waals surface area contributed by atoms with Gasteiger partial charge in [0.1, 0.15) is 21.7 Å². The second-order valence-corrected chi connectivity index (χ2v) is 7.20. The van der Waals surface area contributed by atoms with E-state index in [4.69, 9.17) is 0 Å². The molecule has 0 radical (unpaired) electrons. The van der Waals surface area contributed by atoms with Gasteiger partial charge >= 0.3 is 0 Å². The summed E-state index contributed by atoms with van der Waals surface area (Å²) in [6.45, 7) is 2.12. The molecule has 0 saturated carbocycles. The van der Waals surface area contributed by atoms with Gasteiger partial charge in [0.15, 0.2) is 0 Å². The second-order valence-electron chi connectivity index (χ2n) is 5.15.